The molecule has 0 bridgehead atoms. The van der Waals surface area contributed by atoms with Crippen LogP contribution in [0.4, 0.5) is 5.69 Å². The van der Waals surface area contributed by atoms with E-state index in [9.17, 15) is 9.59 Å². The average Bonchev–Trinajstić information content (AvgIpc) is 3.10. The number of rotatable bonds is 6. The Hall–Kier alpha value is -4.45. The highest BCUT2D eigenvalue weighted by Gasteiger charge is 2.37. The van der Waals surface area contributed by atoms with Crippen LogP contribution in [0.25, 0.3) is 0 Å². The molecule has 6 heteroatoms. The van der Waals surface area contributed by atoms with Gasteiger partial charge in [-0.3, -0.25) is 14.6 Å². The molecule has 0 aliphatic carbocycles. The zero-order chi connectivity index (χ0) is 22.8. The van der Waals surface area contributed by atoms with Crippen LogP contribution in [-0.4, -0.2) is 23.9 Å². The molecular formula is C27H20N2O4. The molecular weight excluding hydrogens is 416 g/mol. The topological polar surface area (TPSA) is 68.7 Å². The second-order valence-electron chi connectivity index (χ2n) is 7.60. The molecule has 0 radical (unpaired) electrons. The van der Waals surface area contributed by atoms with Crippen LogP contribution in [0.1, 0.15) is 31.8 Å². The van der Waals surface area contributed by atoms with Gasteiger partial charge < -0.3 is 9.47 Å². The normalized spacial score (nSPS) is 12.6. The molecule has 5 rings (SSSR count). The zero-order valence-electron chi connectivity index (χ0n) is 17.9. The first-order valence-corrected chi connectivity index (χ1v) is 10.5. The highest BCUT2D eigenvalue weighted by Crippen LogP contribution is 2.35. The van der Waals surface area contributed by atoms with Gasteiger partial charge in [-0.15, -0.1) is 0 Å². The van der Waals surface area contributed by atoms with Gasteiger partial charge in [-0.2, -0.15) is 0 Å². The Balaban J connectivity index is 1.38. The van der Waals surface area contributed by atoms with Gasteiger partial charge in [0.1, 0.15) is 5.75 Å². The van der Waals surface area contributed by atoms with E-state index in [1.165, 1.54) is 4.90 Å². The largest absolute Gasteiger partial charge is 0.493 e. The Kier molecular flexibility index (Phi) is 5.32. The van der Waals surface area contributed by atoms with E-state index in [0.717, 1.165) is 17.5 Å². The molecule has 4 aromatic rings. The number of hydrogen-bond donors (Lipinski definition) is 0. The van der Waals surface area contributed by atoms with E-state index < -0.39 is 0 Å². The first kappa shape index (κ1) is 20.5. The number of anilines is 1. The summed E-state index contributed by atoms with van der Waals surface area (Å²) in [5.74, 6) is 0.837. The molecule has 0 atom stereocenters. The number of ether oxygens (including phenoxy) is 2. The molecule has 3 aromatic carbocycles. The van der Waals surface area contributed by atoms with Crippen molar-refractivity contribution in [2.24, 2.45) is 0 Å². The maximum absolute atomic E-state index is 13.1. The van der Waals surface area contributed by atoms with Gasteiger partial charge in [-0.05, 0) is 72.1 Å². The molecule has 0 N–H and O–H groups in total. The number of fused-ring (bicyclic) bond motifs is 1. The summed E-state index contributed by atoms with van der Waals surface area (Å²) in [7, 11) is 1.56. The number of hydrogen-bond acceptors (Lipinski definition) is 5. The molecule has 1 aliphatic rings. The Morgan fingerprint density at radius 2 is 1.42 bits per heavy atom. The van der Waals surface area contributed by atoms with Crippen molar-refractivity contribution in [2.45, 2.75) is 6.42 Å². The predicted molar refractivity (Wildman–Crippen MR) is 124 cm³/mol. The fraction of sp³-hybridized carbons (Fsp3) is 0.0741. The van der Waals surface area contributed by atoms with E-state index in [4.69, 9.17) is 9.47 Å². The number of aromatic nitrogens is 1. The van der Waals surface area contributed by atoms with Crippen molar-refractivity contribution in [1.29, 1.82) is 0 Å². The van der Waals surface area contributed by atoms with Gasteiger partial charge in [0.2, 0.25) is 0 Å². The molecule has 0 fully saturated rings. The first-order chi connectivity index (χ1) is 16.1. The zero-order valence-corrected chi connectivity index (χ0v) is 17.9. The second kappa shape index (κ2) is 8.59. The first-order valence-electron chi connectivity index (χ1n) is 10.5. The van der Waals surface area contributed by atoms with Crippen molar-refractivity contribution in [3.63, 3.8) is 0 Å². The average molecular weight is 436 g/mol. The van der Waals surface area contributed by atoms with Crippen LogP contribution < -0.4 is 14.4 Å². The second-order valence-corrected chi connectivity index (χ2v) is 7.60. The lowest BCUT2D eigenvalue weighted by atomic mass is 10.1. The predicted octanol–water partition coefficient (Wildman–Crippen LogP) is 5.27. The van der Waals surface area contributed by atoms with Crippen molar-refractivity contribution >= 4 is 17.5 Å². The molecule has 0 saturated heterocycles. The van der Waals surface area contributed by atoms with Gasteiger partial charge in [0, 0.05) is 12.4 Å². The third kappa shape index (κ3) is 3.94. The highest BCUT2D eigenvalue weighted by atomic mass is 16.5. The fourth-order valence-corrected chi connectivity index (χ4v) is 3.85. The van der Waals surface area contributed by atoms with Crippen LogP contribution in [0.5, 0.6) is 17.2 Å². The van der Waals surface area contributed by atoms with Crippen LogP contribution in [0.2, 0.25) is 0 Å². The molecule has 1 aromatic heterocycles. The van der Waals surface area contributed by atoms with Crippen molar-refractivity contribution in [1.82, 2.24) is 4.98 Å². The summed E-state index contributed by atoms with van der Waals surface area (Å²) < 4.78 is 11.2. The molecule has 1 aliphatic heterocycles. The lowest BCUT2D eigenvalue weighted by molar-refractivity contribution is 0.0926. The molecule has 2 heterocycles. The number of amides is 2. The Morgan fingerprint density at radius 3 is 2.15 bits per heavy atom. The van der Waals surface area contributed by atoms with E-state index in [1.54, 1.807) is 62.0 Å². The Morgan fingerprint density at radius 1 is 0.758 bits per heavy atom. The van der Waals surface area contributed by atoms with Gasteiger partial charge in [-0.1, -0.05) is 24.3 Å². The standard InChI is InChI=1S/C27H20N2O4/c1-32-24-4-2-3-5-25(24)33-21-10-11-22-23(17-21)27(31)29(26(22)30)20-8-6-18(7-9-20)16-19-12-14-28-15-13-19/h2-15,17H,16H2,1H3. The summed E-state index contributed by atoms with van der Waals surface area (Å²) >= 11 is 0. The number of carbonyl (C=O) groups is 2. The van der Waals surface area contributed by atoms with Crippen LogP contribution in [0.3, 0.4) is 0 Å². The summed E-state index contributed by atoms with van der Waals surface area (Å²) in [6.07, 6.45) is 4.26. The van der Waals surface area contributed by atoms with Gasteiger partial charge in [0.15, 0.2) is 11.5 Å². The molecule has 33 heavy (non-hydrogen) atoms. The fourth-order valence-electron chi connectivity index (χ4n) is 3.85. The van der Waals surface area contributed by atoms with E-state index in [-0.39, 0.29) is 11.8 Å². The van der Waals surface area contributed by atoms with Crippen molar-refractivity contribution in [3.05, 3.63) is 114 Å². The van der Waals surface area contributed by atoms with Crippen molar-refractivity contribution in [2.75, 3.05) is 12.0 Å². The number of methoxy groups -OCH3 is 1. The molecule has 162 valence electrons. The lowest BCUT2D eigenvalue weighted by Gasteiger charge is -2.14. The summed E-state index contributed by atoms with van der Waals surface area (Å²) in [5.41, 5.74) is 3.42. The molecule has 0 saturated carbocycles. The minimum Gasteiger partial charge on any atom is -0.493 e. The Bertz CT molecular complexity index is 1330. The van der Waals surface area contributed by atoms with Crippen LogP contribution >= 0.6 is 0 Å². The number of imide groups is 1. The number of pyridine rings is 1. The molecule has 6 nitrogen and oxygen atoms in total. The summed E-state index contributed by atoms with van der Waals surface area (Å²) in [4.78, 5) is 31.4. The number of nitrogens with zero attached hydrogens (tertiary/aromatic N) is 2. The van der Waals surface area contributed by atoms with E-state index in [0.29, 0.717) is 34.1 Å². The van der Waals surface area contributed by atoms with Crippen LogP contribution in [0.15, 0.2) is 91.3 Å². The Labute approximate surface area is 191 Å². The third-order valence-corrected chi connectivity index (χ3v) is 5.51. The number of carbonyl (C=O) groups excluding carboxylic acids is 2. The summed E-state index contributed by atoms with van der Waals surface area (Å²) in [6.45, 7) is 0. The monoisotopic (exact) mass is 436 g/mol. The van der Waals surface area contributed by atoms with Crippen LogP contribution in [0, 0.1) is 0 Å². The SMILES string of the molecule is COc1ccccc1Oc1ccc2c(c1)C(=O)N(c1ccc(Cc3ccncc3)cc1)C2=O. The maximum atomic E-state index is 13.1. The summed E-state index contributed by atoms with van der Waals surface area (Å²) in [5, 5.41) is 0. The minimum atomic E-state index is -0.373. The van der Waals surface area contributed by atoms with Crippen molar-refractivity contribution in [3.8, 4) is 17.2 Å². The van der Waals surface area contributed by atoms with Gasteiger partial charge >= 0.3 is 0 Å². The molecule has 2 amide bonds. The van der Waals surface area contributed by atoms with Gasteiger partial charge in [0.25, 0.3) is 11.8 Å². The van der Waals surface area contributed by atoms with E-state index in [1.807, 2.05) is 36.4 Å². The minimum absolute atomic E-state index is 0.313. The smallest absolute Gasteiger partial charge is 0.266 e. The van der Waals surface area contributed by atoms with Gasteiger partial charge in [-0.25, -0.2) is 4.90 Å². The molecule has 0 unspecified atom stereocenters. The number of para-hydroxylation sites is 2. The van der Waals surface area contributed by atoms with E-state index in [2.05, 4.69) is 4.98 Å². The highest BCUT2D eigenvalue weighted by molar-refractivity contribution is 6.34. The van der Waals surface area contributed by atoms with Gasteiger partial charge in [0.05, 0.1) is 23.9 Å². The number of benzene rings is 3. The maximum Gasteiger partial charge on any atom is 0.266 e. The third-order valence-electron chi connectivity index (χ3n) is 5.51. The van der Waals surface area contributed by atoms with Crippen LogP contribution in [-0.2, 0) is 6.42 Å². The quantitative estimate of drug-likeness (QED) is 0.385. The molecule has 0 spiro atoms. The van der Waals surface area contributed by atoms with Crippen molar-refractivity contribution < 1.29 is 19.1 Å². The van der Waals surface area contributed by atoms with E-state index >= 15 is 0 Å². The summed E-state index contributed by atoms with van der Waals surface area (Å²) in [6, 6.07) is 23.5. The lowest BCUT2D eigenvalue weighted by Crippen LogP contribution is -2.29.